The van der Waals surface area contributed by atoms with Crippen molar-refractivity contribution in [3.63, 3.8) is 0 Å². The van der Waals surface area contributed by atoms with Crippen LogP contribution in [0.2, 0.25) is 0 Å². The van der Waals surface area contributed by atoms with Gasteiger partial charge in [-0.15, -0.1) is 0 Å². The third-order valence-electron chi connectivity index (χ3n) is 4.36. The Labute approximate surface area is 165 Å². The van der Waals surface area contributed by atoms with Gasteiger partial charge in [0.25, 0.3) is 5.91 Å². The van der Waals surface area contributed by atoms with Gasteiger partial charge < -0.3 is 14.4 Å². The van der Waals surface area contributed by atoms with Crippen LogP contribution in [0.3, 0.4) is 0 Å². The van der Waals surface area contributed by atoms with Crippen molar-refractivity contribution in [2.75, 3.05) is 25.7 Å². The van der Waals surface area contributed by atoms with Crippen molar-refractivity contribution >= 4 is 17.7 Å². The van der Waals surface area contributed by atoms with Crippen LogP contribution in [-0.4, -0.2) is 26.7 Å². The summed E-state index contributed by atoms with van der Waals surface area (Å²) in [7, 11) is 3.23. The number of methoxy groups -OCH3 is 2. The molecule has 0 heterocycles. The minimum Gasteiger partial charge on any atom is -0.497 e. The SMILES string of the molecule is COc1ccc(C(=O)N(C/C=C/c2ccccc2)c2ccc(OC)cc2)cc1. The van der Waals surface area contributed by atoms with Gasteiger partial charge in [0.2, 0.25) is 0 Å². The van der Waals surface area contributed by atoms with Gasteiger partial charge >= 0.3 is 0 Å². The maximum Gasteiger partial charge on any atom is 0.258 e. The Morgan fingerprint density at radius 3 is 1.96 bits per heavy atom. The van der Waals surface area contributed by atoms with E-state index < -0.39 is 0 Å². The number of nitrogens with zero attached hydrogens (tertiary/aromatic N) is 1. The van der Waals surface area contributed by atoms with E-state index in [4.69, 9.17) is 9.47 Å². The number of rotatable bonds is 7. The highest BCUT2D eigenvalue weighted by atomic mass is 16.5. The Morgan fingerprint density at radius 1 is 0.821 bits per heavy atom. The highest BCUT2D eigenvalue weighted by molar-refractivity contribution is 6.06. The van der Waals surface area contributed by atoms with Gasteiger partial charge in [-0.05, 0) is 54.1 Å². The molecule has 0 saturated heterocycles. The van der Waals surface area contributed by atoms with E-state index in [9.17, 15) is 4.79 Å². The van der Waals surface area contributed by atoms with E-state index in [1.54, 1.807) is 43.4 Å². The minimum atomic E-state index is -0.0782. The average Bonchev–Trinajstić information content (AvgIpc) is 2.77. The fourth-order valence-corrected chi connectivity index (χ4v) is 2.82. The summed E-state index contributed by atoms with van der Waals surface area (Å²) in [6.07, 6.45) is 4.00. The summed E-state index contributed by atoms with van der Waals surface area (Å²) in [5.41, 5.74) is 2.50. The van der Waals surface area contributed by atoms with Crippen LogP contribution in [0.4, 0.5) is 5.69 Å². The summed E-state index contributed by atoms with van der Waals surface area (Å²) in [6.45, 7) is 0.450. The minimum absolute atomic E-state index is 0.0782. The van der Waals surface area contributed by atoms with Crippen LogP contribution in [0.5, 0.6) is 11.5 Å². The maximum atomic E-state index is 13.2. The molecule has 0 aliphatic carbocycles. The molecule has 28 heavy (non-hydrogen) atoms. The van der Waals surface area contributed by atoms with Gasteiger partial charge in [-0.1, -0.05) is 42.5 Å². The van der Waals surface area contributed by atoms with E-state index in [0.717, 1.165) is 22.7 Å². The van der Waals surface area contributed by atoms with Gasteiger partial charge in [0.1, 0.15) is 11.5 Å². The number of carbonyl (C=O) groups excluding carboxylic acids is 1. The highest BCUT2D eigenvalue weighted by Crippen LogP contribution is 2.22. The smallest absolute Gasteiger partial charge is 0.258 e. The lowest BCUT2D eigenvalue weighted by Gasteiger charge is -2.22. The van der Waals surface area contributed by atoms with Gasteiger partial charge in [-0.2, -0.15) is 0 Å². The molecular formula is C24H23NO3. The molecule has 1 amide bonds. The molecule has 0 radical (unpaired) electrons. The number of benzene rings is 3. The first kappa shape index (κ1) is 19.2. The third-order valence-corrected chi connectivity index (χ3v) is 4.36. The highest BCUT2D eigenvalue weighted by Gasteiger charge is 2.17. The Morgan fingerprint density at radius 2 is 1.39 bits per heavy atom. The Bertz CT molecular complexity index is 916. The summed E-state index contributed by atoms with van der Waals surface area (Å²) in [5.74, 6) is 1.39. The van der Waals surface area contributed by atoms with E-state index in [1.807, 2.05) is 66.7 Å². The topological polar surface area (TPSA) is 38.8 Å². The quantitative estimate of drug-likeness (QED) is 0.581. The van der Waals surface area contributed by atoms with E-state index in [-0.39, 0.29) is 5.91 Å². The van der Waals surface area contributed by atoms with Crippen molar-refractivity contribution in [1.29, 1.82) is 0 Å². The number of carbonyl (C=O) groups is 1. The van der Waals surface area contributed by atoms with Crippen molar-refractivity contribution < 1.29 is 14.3 Å². The fourth-order valence-electron chi connectivity index (χ4n) is 2.82. The Balaban J connectivity index is 1.85. The molecule has 4 nitrogen and oxygen atoms in total. The lowest BCUT2D eigenvalue weighted by atomic mass is 10.1. The van der Waals surface area contributed by atoms with E-state index in [0.29, 0.717) is 12.1 Å². The molecule has 3 rings (SSSR count). The molecule has 4 heteroatoms. The van der Waals surface area contributed by atoms with Gasteiger partial charge in [0.15, 0.2) is 0 Å². The first-order chi connectivity index (χ1) is 13.7. The van der Waals surface area contributed by atoms with Crippen LogP contribution in [0.1, 0.15) is 15.9 Å². The molecule has 0 spiro atoms. The number of anilines is 1. The molecular weight excluding hydrogens is 350 g/mol. The van der Waals surface area contributed by atoms with Gasteiger partial charge in [-0.25, -0.2) is 0 Å². The zero-order chi connectivity index (χ0) is 19.8. The molecule has 0 bridgehead atoms. The second kappa shape index (κ2) is 9.42. The van der Waals surface area contributed by atoms with Crippen molar-refractivity contribution in [3.05, 3.63) is 96.1 Å². The number of ether oxygens (including phenoxy) is 2. The van der Waals surface area contributed by atoms with Gasteiger partial charge in [0, 0.05) is 17.8 Å². The van der Waals surface area contributed by atoms with Crippen LogP contribution < -0.4 is 14.4 Å². The summed E-state index contributed by atoms with van der Waals surface area (Å²) in [6, 6.07) is 24.6. The molecule has 3 aromatic rings. The predicted octanol–water partition coefficient (Wildman–Crippen LogP) is 5.06. The zero-order valence-electron chi connectivity index (χ0n) is 16.0. The number of hydrogen-bond acceptors (Lipinski definition) is 3. The Hall–Kier alpha value is -3.53. The van der Waals surface area contributed by atoms with Crippen molar-refractivity contribution in [1.82, 2.24) is 0 Å². The molecule has 142 valence electrons. The van der Waals surface area contributed by atoms with Crippen LogP contribution in [0.25, 0.3) is 6.08 Å². The zero-order valence-corrected chi connectivity index (χ0v) is 16.0. The van der Waals surface area contributed by atoms with E-state index in [1.165, 1.54) is 0 Å². The molecule has 0 unspecified atom stereocenters. The third kappa shape index (κ3) is 4.80. The summed E-state index contributed by atoms with van der Waals surface area (Å²) >= 11 is 0. The van der Waals surface area contributed by atoms with Crippen LogP contribution >= 0.6 is 0 Å². The Kier molecular flexibility index (Phi) is 6.47. The second-order valence-corrected chi connectivity index (χ2v) is 6.16. The molecule has 3 aromatic carbocycles. The molecule has 0 N–H and O–H groups in total. The van der Waals surface area contributed by atoms with Crippen molar-refractivity contribution in [2.24, 2.45) is 0 Å². The largest absolute Gasteiger partial charge is 0.497 e. The first-order valence-corrected chi connectivity index (χ1v) is 9.03. The standard InChI is InChI=1S/C24H23NO3/c1-27-22-14-10-20(11-15-22)24(26)25(21-12-16-23(28-2)17-13-21)18-6-9-19-7-4-3-5-8-19/h3-17H,18H2,1-2H3/b9-6+. The van der Waals surface area contributed by atoms with Gasteiger partial charge in [-0.3, -0.25) is 4.79 Å². The molecule has 0 aromatic heterocycles. The summed E-state index contributed by atoms with van der Waals surface area (Å²) < 4.78 is 10.4. The molecule has 0 aliphatic rings. The van der Waals surface area contributed by atoms with Gasteiger partial charge in [0.05, 0.1) is 14.2 Å². The van der Waals surface area contributed by atoms with Crippen LogP contribution in [0, 0.1) is 0 Å². The molecule has 0 aliphatic heterocycles. The van der Waals surface area contributed by atoms with Crippen LogP contribution in [0.15, 0.2) is 84.9 Å². The van der Waals surface area contributed by atoms with Crippen molar-refractivity contribution in [2.45, 2.75) is 0 Å². The predicted molar refractivity (Wildman–Crippen MR) is 113 cm³/mol. The lowest BCUT2D eigenvalue weighted by Crippen LogP contribution is -2.31. The number of amides is 1. The van der Waals surface area contributed by atoms with Crippen LogP contribution in [-0.2, 0) is 0 Å². The monoisotopic (exact) mass is 373 g/mol. The second-order valence-electron chi connectivity index (χ2n) is 6.16. The summed E-state index contributed by atoms with van der Waals surface area (Å²) in [4.78, 5) is 14.9. The fraction of sp³-hybridized carbons (Fsp3) is 0.125. The van der Waals surface area contributed by atoms with Crippen molar-refractivity contribution in [3.8, 4) is 11.5 Å². The molecule has 0 fully saturated rings. The maximum absolute atomic E-state index is 13.2. The lowest BCUT2D eigenvalue weighted by molar-refractivity contribution is 0.0989. The average molecular weight is 373 g/mol. The van der Waals surface area contributed by atoms with E-state index in [2.05, 4.69) is 0 Å². The first-order valence-electron chi connectivity index (χ1n) is 9.03. The molecule has 0 saturated carbocycles. The number of hydrogen-bond donors (Lipinski definition) is 0. The summed E-state index contributed by atoms with van der Waals surface area (Å²) in [5, 5.41) is 0. The molecule has 0 atom stereocenters. The van der Waals surface area contributed by atoms with E-state index >= 15 is 0 Å². The normalized spacial score (nSPS) is 10.6.